The fraction of sp³-hybridized carbons (Fsp3) is 0.417. The summed E-state index contributed by atoms with van der Waals surface area (Å²) in [5, 5.41) is 5.74. The van der Waals surface area contributed by atoms with Gasteiger partial charge in [-0.25, -0.2) is 0 Å². The van der Waals surface area contributed by atoms with Crippen molar-refractivity contribution in [2.24, 2.45) is 5.92 Å². The van der Waals surface area contributed by atoms with E-state index in [0.717, 1.165) is 13.1 Å². The third kappa shape index (κ3) is 3.66. The third-order valence-electron chi connectivity index (χ3n) is 2.68. The lowest BCUT2D eigenvalue weighted by atomic mass is 9.99. The van der Waals surface area contributed by atoms with E-state index < -0.39 is 6.61 Å². The van der Waals surface area contributed by atoms with E-state index in [4.69, 9.17) is 0 Å². The first-order valence-corrected chi connectivity index (χ1v) is 5.69. The maximum Gasteiger partial charge on any atom is 0.387 e. The molecule has 98 valence electrons. The van der Waals surface area contributed by atoms with Crippen LogP contribution in [0.3, 0.4) is 0 Å². The number of benzene rings is 1. The molecule has 0 atom stereocenters. The monoisotopic (exact) mass is 256 g/mol. The zero-order valence-corrected chi connectivity index (χ0v) is 9.66. The summed E-state index contributed by atoms with van der Waals surface area (Å²) in [5.41, 5.74) is 0.463. The summed E-state index contributed by atoms with van der Waals surface area (Å²) in [4.78, 5) is 11.6. The summed E-state index contributed by atoms with van der Waals surface area (Å²) in [5.74, 6) is 0.286. The number of anilines is 1. The van der Waals surface area contributed by atoms with Crippen LogP contribution < -0.4 is 15.4 Å². The minimum atomic E-state index is -2.86. The number of hydrogen-bond acceptors (Lipinski definition) is 3. The van der Waals surface area contributed by atoms with Crippen molar-refractivity contribution in [3.05, 3.63) is 24.3 Å². The molecule has 0 unspecified atom stereocenters. The molecule has 0 aromatic heterocycles. The maximum absolute atomic E-state index is 12.0. The standard InChI is InChI=1S/C12H14F2N2O2/c13-12(14)18-10-3-1-2-9(5-10)16-11(17)4-8-6-15-7-8/h1-3,5,8,12,15H,4,6-7H2,(H,16,17). The molecule has 0 spiro atoms. The Labute approximate surface area is 103 Å². The molecule has 1 aliphatic heterocycles. The minimum absolute atomic E-state index is 0.0353. The molecule has 0 bridgehead atoms. The molecule has 6 heteroatoms. The summed E-state index contributed by atoms with van der Waals surface area (Å²) >= 11 is 0. The normalized spacial score (nSPS) is 15.3. The molecule has 4 nitrogen and oxygen atoms in total. The van der Waals surface area contributed by atoms with Gasteiger partial charge in [-0.2, -0.15) is 8.78 Å². The van der Waals surface area contributed by atoms with Gasteiger partial charge >= 0.3 is 6.61 Å². The van der Waals surface area contributed by atoms with Crippen molar-refractivity contribution in [2.45, 2.75) is 13.0 Å². The van der Waals surface area contributed by atoms with Gasteiger partial charge in [-0.3, -0.25) is 4.79 Å². The van der Waals surface area contributed by atoms with Crippen molar-refractivity contribution in [2.75, 3.05) is 18.4 Å². The molecule has 1 aromatic carbocycles. The average Bonchev–Trinajstić information content (AvgIpc) is 2.23. The largest absolute Gasteiger partial charge is 0.435 e. The molecule has 1 fully saturated rings. The number of halogens is 2. The first kappa shape index (κ1) is 12.8. The van der Waals surface area contributed by atoms with Gasteiger partial charge in [0.15, 0.2) is 0 Å². The molecular weight excluding hydrogens is 242 g/mol. The molecule has 1 heterocycles. The lowest BCUT2D eigenvalue weighted by molar-refractivity contribution is -0.117. The van der Waals surface area contributed by atoms with Crippen LogP contribution in [-0.2, 0) is 4.79 Å². The Morgan fingerprint density at radius 3 is 2.89 bits per heavy atom. The summed E-state index contributed by atoms with van der Waals surface area (Å²) in [6, 6.07) is 5.98. The van der Waals surface area contributed by atoms with Crippen LogP contribution in [0.2, 0.25) is 0 Å². The van der Waals surface area contributed by atoms with E-state index >= 15 is 0 Å². The van der Waals surface area contributed by atoms with Gasteiger partial charge in [-0.1, -0.05) is 6.07 Å². The second kappa shape index (κ2) is 5.77. The molecule has 1 aromatic rings. The average molecular weight is 256 g/mol. The highest BCUT2D eigenvalue weighted by Gasteiger charge is 2.20. The van der Waals surface area contributed by atoms with Crippen LogP contribution in [0.4, 0.5) is 14.5 Å². The number of alkyl halides is 2. The summed E-state index contributed by atoms with van der Waals surface area (Å²) in [6.07, 6.45) is 0.437. The van der Waals surface area contributed by atoms with Crippen molar-refractivity contribution < 1.29 is 18.3 Å². The van der Waals surface area contributed by atoms with Gasteiger partial charge in [0.25, 0.3) is 0 Å². The Kier molecular flexibility index (Phi) is 4.09. The number of hydrogen-bond donors (Lipinski definition) is 2. The van der Waals surface area contributed by atoms with Gasteiger partial charge < -0.3 is 15.4 Å². The molecule has 0 saturated carbocycles. The highest BCUT2D eigenvalue weighted by molar-refractivity contribution is 5.91. The lowest BCUT2D eigenvalue weighted by Gasteiger charge is -2.26. The zero-order chi connectivity index (χ0) is 13.0. The van der Waals surface area contributed by atoms with Crippen LogP contribution in [-0.4, -0.2) is 25.6 Å². The maximum atomic E-state index is 12.0. The van der Waals surface area contributed by atoms with E-state index in [-0.39, 0.29) is 11.7 Å². The van der Waals surface area contributed by atoms with Gasteiger partial charge in [0, 0.05) is 18.2 Å². The molecule has 1 saturated heterocycles. The molecule has 2 rings (SSSR count). The molecule has 18 heavy (non-hydrogen) atoms. The Morgan fingerprint density at radius 1 is 1.50 bits per heavy atom. The van der Waals surface area contributed by atoms with Gasteiger partial charge in [0.05, 0.1) is 0 Å². The first-order valence-electron chi connectivity index (χ1n) is 5.69. The van der Waals surface area contributed by atoms with Crippen LogP contribution in [0, 0.1) is 5.92 Å². The summed E-state index contributed by atoms with van der Waals surface area (Å²) in [7, 11) is 0. The lowest BCUT2D eigenvalue weighted by Crippen LogP contribution is -2.43. The van der Waals surface area contributed by atoms with Gasteiger partial charge in [-0.05, 0) is 31.1 Å². The fourth-order valence-electron chi connectivity index (χ4n) is 1.72. The van der Waals surface area contributed by atoms with Crippen molar-refractivity contribution >= 4 is 11.6 Å². The number of carbonyl (C=O) groups excluding carboxylic acids is 1. The molecular formula is C12H14F2N2O2. The predicted molar refractivity (Wildman–Crippen MR) is 62.7 cm³/mol. The SMILES string of the molecule is O=C(CC1CNC1)Nc1cccc(OC(F)F)c1. The smallest absolute Gasteiger partial charge is 0.387 e. The predicted octanol–water partition coefficient (Wildman–Crippen LogP) is 1.84. The number of carbonyl (C=O) groups is 1. The summed E-state index contributed by atoms with van der Waals surface area (Å²) < 4.78 is 28.3. The van der Waals surface area contributed by atoms with Crippen molar-refractivity contribution in [3.8, 4) is 5.75 Å². The molecule has 1 amide bonds. The van der Waals surface area contributed by atoms with Crippen molar-refractivity contribution in [1.29, 1.82) is 0 Å². The van der Waals surface area contributed by atoms with Crippen LogP contribution in [0.15, 0.2) is 24.3 Å². The number of amides is 1. The highest BCUT2D eigenvalue weighted by Crippen LogP contribution is 2.20. The van der Waals surface area contributed by atoms with Gasteiger partial charge in [0.1, 0.15) is 5.75 Å². The first-order chi connectivity index (χ1) is 8.63. The van der Waals surface area contributed by atoms with E-state index in [1.54, 1.807) is 12.1 Å². The van der Waals surface area contributed by atoms with E-state index in [1.807, 2.05) is 0 Å². The molecule has 0 radical (unpaired) electrons. The highest BCUT2D eigenvalue weighted by atomic mass is 19.3. The summed E-state index contributed by atoms with van der Waals surface area (Å²) in [6.45, 7) is -1.17. The van der Waals surface area contributed by atoms with Gasteiger partial charge in [0.2, 0.25) is 5.91 Å². The Bertz CT molecular complexity index is 422. The van der Waals surface area contributed by atoms with E-state index in [9.17, 15) is 13.6 Å². The van der Waals surface area contributed by atoms with E-state index in [2.05, 4.69) is 15.4 Å². The zero-order valence-electron chi connectivity index (χ0n) is 9.66. The molecule has 0 aliphatic carbocycles. The molecule has 1 aliphatic rings. The Hall–Kier alpha value is -1.69. The van der Waals surface area contributed by atoms with Crippen LogP contribution in [0.5, 0.6) is 5.75 Å². The third-order valence-corrected chi connectivity index (χ3v) is 2.68. The Morgan fingerprint density at radius 2 is 2.28 bits per heavy atom. The number of ether oxygens (including phenoxy) is 1. The van der Waals surface area contributed by atoms with Crippen LogP contribution >= 0.6 is 0 Å². The number of nitrogens with one attached hydrogen (secondary N) is 2. The van der Waals surface area contributed by atoms with E-state index in [1.165, 1.54) is 12.1 Å². The van der Waals surface area contributed by atoms with Crippen molar-refractivity contribution in [3.63, 3.8) is 0 Å². The molecule has 2 N–H and O–H groups in total. The number of rotatable bonds is 5. The second-order valence-electron chi connectivity index (χ2n) is 4.18. The topological polar surface area (TPSA) is 50.4 Å². The quantitative estimate of drug-likeness (QED) is 0.845. The van der Waals surface area contributed by atoms with Crippen molar-refractivity contribution in [1.82, 2.24) is 5.32 Å². The van der Waals surface area contributed by atoms with Crippen LogP contribution in [0.1, 0.15) is 6.42 Å². The van der Waals surface area contributed by atoms with Gasteiger partial charge in [-0.15, -0.1) is 0 Å². The Balaban J connectivity index is 1.89. The fourth-order valence-corrected chi connectivity index (χ4v) is 1.72. The van der Waals surface area contributed by atoms with E-state index in [0.29, 0.717) is 18.0 Å². The second-order valence-corrected chi connectivity index (χ2v) is 4.18. The van der Waals surface area contributed by atoms with Crippen LogP contribution in [0.25, 0.3) is 0 Å². The minimum Gasteiger partial charge on any atom is -0.435 e.